The summed E-state index contributed by atoms with van der Waals surface area (Å²) in [4.78, 5) is 13.6. The zero-order chi connectivity index (χ0) is 16.2. The average Bonchev–Trinajstić information content (AvgIpc) is 2.34. The van der Waals surface area contributed by atoms with Crippen molar-refractivity contribution in [2.24, 2.45) is 0 Å². The van der Waals surface area contributed by atoms with Crippen molar-refractivity contribution in [1.82, 2.24) is 0 Å². The molecule has 0 bridgehead atoms. The summed E-state index contributed by atoms with van der Waals surface area (Å²) in [6.07, 6.45) is 1.15. The molecule has 0 radical (unpaired) electrons. The molecule has 0 aliphatic heterocycles. The molecule has 0 heterocycles. The molecule has 8 heteroatoms. The summed E-state index contributed by atoms with van der Waals surface area (Å²) in [5.41, 5.74) is 6.67. The standard InChI is InChI=1S/C13H19ClN2O4S/c1-4-20-13(17)10-7-9(15)8-11(14)12(10)16(2)5-6-21(3,18)19/h7-8H,4-6,15H2,1-3H3. The molecular weight excluding hydrogens is 316 g/mol. The molecule has 1 rings (SSSR count). The van der Waals surface area contributed by atoms with Crippen LogP contribution in [-0.4, -0.2) is 46.6 Å². The van der Waals surface area contributed by atoms with Crippen molar-refractivity contribution >= 4 is 38.8 Å². The molecule has 0 aliphatic rings. The van der Waals surface area contributed by atoms with Gasteiger partial charge in [-0.15, -0.1) is 0 Å². The first kappa shape index (κ1) is 17.6. The molecule has 118 valence electrons. The van der Waals surface area contributed by atoms with Crippen LogP contribution in [0.4, 0.5) is 11.4 Å². The molecule has 21 heavy (non-hydrogen) atoms. The predicted octanol–water partition coefficient (Wildman–Crippen LogP) is 1.58. The molecule has 1 aromatic carbocycles. The molecular formula is C13H19ClN2O4S. The largest absolute Gasteiger partial charge is 0.462 e. The SMILES string of the molecule is CCOC(=O)c1cc(N)cc(Cl)c1N(C)CCS(C)(=O)=O. The number of esters is 1. The fourth-order valence-corrected chi connectivity index (χ4v) is 2.76. The van der Waals surface area contributed by atoms with Gasteiger partial charge >= 0.3 is 5.97 Å². The third-order valence-corrected chi connectivity index (χ3v) is 3.97. The first-order valence-corrected chi connectivity index (χ1v) is 8.74. The van der Waals surface area contributed by atoms with Gasteiger partial charge in [0.15, 0.2) is 0 Å². The average molecular weight is 335 g/mol. The minimum Gasteiger partial charge on any atom is -0.462 e. The predicted molar refractivity (Wildman–Crippen MR) is 84.8 cm³/mol. The van der Waals surface area contributed by atoms with Crippen LogP contribution < -0.4 is 10.6 Å². The molecule has 0 amide bonds. The molecule has 0 saturated carbocycles. The maximum absolute atomic E-state index is 12.0. The summed E-state index contributed by atoms with van der Waals surface area (Å²) in [5, 5.41) is 0.272. The van der Waals surface area contributed by atoms with E-state index >= 15 is 0 Å². The Kier molecular flexibility index (Phi) is 5.86. The maximum atomic E-state index is 12.0. The van der Waals surface area contributed by atoms with Gasteiger partial charge in [0, 0.05) is 25.5 Å². The third-order valence-electron chi connectivity index (χ3n) is 2.76. The van der Waals surface area contributed by atoms with Gasteiger partial charge in [-0.1, -0.05) is 11.6 Å². The van der Waals surface area contributed by atoms with E-state index in [-0.39, 0.29) is 29.5 Å². The lowest BCUT2D eigenvalue weighted by Gasteiger charge is -2.23. The summed E-state index contributed by atoms with van der Waals surface area (Å²) >= 11 is 6.14. The first-order valence-electron chi connectivity index (χ1n) is 6.30. The Balaban J connectivity index is 3.17. The number of rotatable bonds is 6. The van der Waals surface area contributed by atoms with Crippen molar-refractivity contribution in [1.29, 1.82) is 0 Å². The monoisotopic (exact) mass is 334 g/mol. The van der Waals surface area contributed by atoms with Crippen molar-refractivity contribution < 1.29 is 17.9 Å². The van der Waals surface area contributed by atoms with Gasteiger partial charge in [-0.3, -0.25) is 0 Å². The number of benzene rings is 1. The zero-order valence-electron chi connectivity index (χ0n) is 12.2. The van der Waals surface area contributed by atoms with Gasteiger partial charge in [0.25, 0.3) is 0 Å². The molecule has 0 aliphatic carbocycles. The lowest BCUT2D eigenvalue weighted by molar-refractivity contribution is 0.0527. The topological polar surface area (TPSA) is 89.7 Å². The van der Waals surface area contributed by atoms with Gasteiger partial charge in [-0.25, -0.2) is 13.2 Å². The van der Waals surface area contributed by atoms with Gasteiger partial charge in [-0.2, -0.15) is 0 Å². The van der Waals surface area contributed by atoms with Crippen molar-refractivity contribution in [2.45, 2.75) is 6.92 Å². The van der Waals surface area contributed by atoms with E-state index in [2.05, 4.69) is 0 Å². The highest BCUT2D eigenvalue weighted by Gasteiger charge is 2.20. The summed E-state index contributed by atoms with van der Waals surface area (Å²) < 4.78 is 27.5. The number of halogens is 1. The fraction of sp³-hybridized carbons (Fsp3) is 0.462. The number of hydrogen-bond acceptors (Lipinski definition) is 6. The van der Waals surface area contributed by atoms with Gasteiger partial charge in [-0.05, 0) is 19.1 Å². The highest BCUT2D eigenvalue weighted by molar-refractivity contribution is 7.90. The molecule has 1 aromatic rings. The Bertz CT molecular complexity index is 631. The van der Waals surface area contributed by atoms with Gasteiger partial charge in [0.1, 0.15) is 9.84 Å². The number of carbonyl (C=O) groups excluding carboxylic acids is 1. The highest BCUT2D eigenvalue weighted by atomic mass is 35.5. The Labute approximate surface area is 129 Å². The van der Waals surface area contributed by atoms with Gasteiger partial charge in [0.05, 0.1) is 28.6 Å². The Morgan fingerprint density at radius 2 is 2.05 bits per heavy atom. The molecule has 0 saturated heterocycles. The lowest BCUT2D eigenvalue weighted by Crippen LogP contribution is -2.27. The molecule has 2 N–H and O–H groups in total. The second-order valence-electron chi connectivity index (χ2n) is 4.67. The Morgan fingerprint density at radius 1 is 1.43 bits per heavy atom. The van der Waals surface area contributed by atoms with Crippen molar-refractivity contribution in [3.8, 4) is 0 Å². The number of carbonyl (C=O) groups is 1. The fourth-order valence-electron chi connectivity index (χ4n) is 1.79. The van der Waals surface area contributed by atoms with Crippen molar-refractivity contribution in [2.75, 3.05) is 42.8 Å². The van der Waals surface area contributed by atoms with Crippen LogP contribution in [-0.2, 0) is 14.6 Å². The van der Waals surface area contributed by atoms with Crippen molar-refractivity contribution in [3.63, 3.8) is 0 Å². The van der Waals surface area contributed by atoms with E-state index in [9.17, 15) is 13.2 Å². The summed E-state index contributed by atoms with van der Waals surface area (Å²) in [7, 11) is -1.46. The number of hydrogen-bond donors (Lipinski definition) is 1. The van der Waals surface area contributed by atoms with Crippen LogP contribution in [0.15, 0.2) is 12.1 Å². The highest BCUT2D eigenvalue weighted by Crippen LogP contribution is 2.32. The molecule has 0 atom stereocenters. The number of ether oxygens (including phenoxy) is 1. The van der Waals surface area contributed by atoms with Crippen LogP contribution in [0.1, 0.15) is 17.3 Å². The molecule has 0 unspecified atom stereocenters. The second-order valence-corrected chi connectivity index (χ2v) is 7.34. The maximum Gasteiger partial charge on any atom is 0.340 e. The lowest BCUT2D eigenvalue weighted by atomic mass is 10.1. The van der Waals surface area contributed by atoms with Gasteiger partial charge in [0.2, 0.25) is 0 Å². The van der Waals surface area contributed by atoms with Gasteiger partial charge < -0.3 is 15.4 Å². The Morgan fingerprint density at radius 3 is 2.57 bits per heavy atom. The van der Waals surface area contributed by atoms with E-state index in [0.29, 0.717) is 11.4 Å². The van der Waals surface area contributed by atoms with Crippen LogP contribution in [0.2, 0.25) is 5.02 Å². The van der Waals surface area contributed by atoms with Crippen LogP contribution in [0.5, 0.6) is 0 Å². The van der Waals surface area contributed by atoms with Crippen LogP contribution in [0, 0.1) is 0 Å². The molecule has 0 spiro atoms. The van der Waals surface area contributed by atoms with E-state index in [0.717, 1.165) is 6.26 Å². The van der Waals surface area contributed by atoms with E-state index in [1.807, 2.05) is 0 Å². The molecule has 0 aromatic heterocycles. The molecule has 0 fully saturated rings. The van der Waals surface area contributed by atoms with Crippen LogP contribution in [0.3, 0.4) is 0 Å². The minimum atomic E-state index is -3.12. The summed E-state index contributed by atoms with van der Waals surface area (Å²) in [6.45, 7) is 2.12. The Hall–Kier alpha value is -1.47. The number of nitrogens with zero attached hydrogens (tertiary/aromatic N) is 1. The van der Waals surface area contributed by atoms with E-state index in [1.165, 1.54) is 12.1 Å². The van der Waals surface area contributed by atoms with Crippen LogP contribution >= 0.6 is 11.6 Å². The van der Waals surface area contributed by atoms with Crippen molar-refractivity contribution in [3.05, 3.63) is 22.7 Å². The molecule has 6 nitrogen and oxygen atoms in total. The van der Waals surface area contributed by atoms with E-state index < -0.39 is 15.8 Å². The number of anilines is 2. The van der Waals surface area contributed by atoms with E-state index in [1.54, 1.807) is 18.9 Å². The quantitative estimate of drug-likeness (QED) is 0.627. The summed E-state index contributed by atoms with van der Waals surface area (Å²) in [6, 6.07) is 2.98. The number of sulfone groups is 1. The zero-order valence-corrected chi connectivity index (χ0v) is 13.8. The van der Waals surface area contributed by atoms with Crippen LogP contribution in [0.25, 0.3) is 0 Å². The first-order chi connectivity index (χ1) is 9.65. The number of nitrogen functional groups attached to an aromatic ring is 1. The van der Waals surface area contributed by atoms with E-state index in [4.69, 9.17) is 22.1 Å². The smallest absolute Gasteiger partial charge is 0.340 e. The minimum absolute atomic E-state index is 0.0491. The second kappa shape index (κ2) is 7.00. The summed E-state index contributed by atoms with van der Waals surface area (Å²) in [5.74, 6) is -0.597. The third kappa shape index (κ3) is 5.09. The normalized spacial score (nSPS) is 11.2. The number of nitrogens with two attached hydrogens (primary N) is 1.